The Labute approximate surface area is 138 Å². The molecular weight excluding hydrogens is 360 g/mol. The van der Waals surface area contributed by atoms with Crippen LogP contribution in [0, 0.1) is 10.1 Å². The first-order valence-electron chi connectivity index (χ1n) is 6.86. The number of hydrogen-bond donors (Lipinski definition) is 0. The van der Waals surface area contributed by atoms with Gasteiger partial charge in [-0.15, -0.1) is 0 Å². The molecule has 1 aromatic heterocycles. The van der Waals surface area contributed by atoms with E-state index in [0.29, 0.717) is 17.0 Å². The molecule has 0 aliphatic rings. The molecule has 0 saturated carbocycles. The van der Waals surface area contributed by atoms with Crippen molar-refractivity contribution in [2.75, 3.05) is 0 Å². The van der Waals surface area contributed by atoms with Crippen molar-refractivity contribution in [1.29, 1.82) is 0 Å². The molecule has 0 saturated heterocycles. The lowest BCUT2D eigenvalue weighted by Gasteiger charge is -1.99. The van der Waals surface area contributed by atoms with Crippen LogP contribution in [-0.2, 0) is 0 Å². The summed E-state index contributed by atoms with van der Waals surface area (Å²) < 4.78 is 6.77. The topological polar surface area (TPSA) is 69.2 Å². The molecule has 1 heterocycles. The first kappa shape index (κ1) is 13.9. The van der Waals surface area contributed by atoms with Gasteiger partial charge in [0.25, 0.3) is 5.69 Å². The first-order valence-corrected chi connectivity index (χ1v) is 7.65. The van der Waals surface area contributed by atoms with Gasteiger partial charge in [0.05, 0.1) is 4.92 Å². The average Bonchev–Trinajstić information content (AvgIpc) is 2.99. The highest BCUT2D eigenvalue weighted by Crippen LogP contribution is 2.34. The quantitative estimate of drug-likeness (QED) is 0.354. The van der Waals surface area contributed by atoms with Gasteiger partial charge in [-0.25, -0.2) is 4.98 Å². The van der Waals surface area contributed by atoms with Crippen molar-refractivity contribution in [3.05, 3.63) is 69.2 Å². The highest BCUT2D eigenvalue weighted by atomic mass is 79.9. The molecule has 0 radical (unpaired) electrons. The summed E-state index contributed by atoms with van der Waals surface area (Å²) in [5.41, 5.74) is 2.19. The number of halogens is 1. The predicted molar refractivity (Wildman–Crippen MR) is 91.3 cm³/mol. The lowest BCUT2D eigenvalue weighted by atomic mass is 10.1. The van der Waals surface area contributed by atoms with E-state index in [1.807, 2.05) is 30.3 Å². The third kappa shape index (κ3) is 2.27. The molecule has 0 aliphatic heterocycles. The van der Waals surface area contributed by atoms with Crippen LogP contribution in [-0.4, -0.2) is 9.91 Å². The standard InChI is InChI=1S/C17H9BrN2O3/c18-14-9-15-16(13-4-2-1-3-12(13)14)19-17(23-15)10-5-7-11(8-6-10)20(21)22/h1-9H. The fourth-order valence-corrected chi connectivity index (χ4v) is 3.12. The van der Waals surface area contributed by atoms with E-state index in [4.69, 9.17) is 4.42 Å². The minimum absolute atomic E-state index is 0.0399. The second-order valence-corrected chi connectivity index (χ2v) is 5.93. The van der Waals surface area contributed by atoms with Gasteiger partial charge < -0.3 is 4.42 Å². The Morgan fingerprint density at radius 1 is 1.04 bits per heavy atom. The molecule has 3 aromatic carbocycles. The number of fused-ring (bicyclic) bond motifs is 3. The second-order valence-electron chi connectivity index (χ2n) is 5.07. The van der Waals surface area contributed by atoms with E-state index >= 15 is 0 Å². The third-order valence-electron chi connectivity index (χ3n) is 3.68. The molecule has 0 bridgehead atoms. The van der Waals surface area contributed by atoms with Gasteiger partial charge in [-0.05, 0) is 23.6 Å². The summed E-state index contributed by atoms with van der Waals surface area (Å²) in [5, 5.41) is 12.8. The van der Waals surface area contributed by atoms with E-state index in [9.17, 15) is 10.1 Å². The zero-order valence-corrected chi connectivity index (χ0v) is 13.3. The van der Waals surface area contributed by atoms with Crippen LogP contribution in [0.3, 0.4) is 0 Å². The minimum atomic E-state index is -0.430. The van der Waals surface area contributed by atoms with Crippen molar-refractivity contribution in [3.8, 4) is 11.5 Å². The Balaban J connectivity index is 1.92. The lowest BCUT2D eigenvalue weighted by molar-refractivity contribution is -0.384. The molecule has 0 amide bonds. The van der Waals surface area contributed by atoms with Crippen molar-refractivity contribution in [2.45, 2.75) is 0 Å². The highest BCUT2D eigenvalue weighted by molar-refractivity contribution is 9.10. The number of nitrogens with zero attached hydrogens (tertiary/aromatic N) is 2. The Kier molecular flexibility index (Phi) is 3.12. The summed E-state index contributed by atoms with van der Waals surface area (Å²) in [6.07, 6.45) is 0. The number of oxazole rings is 1. The molecule has 0 spiro atoms. The van der Waals surface area contributed by atoms with Gasteiger partial charge in [0, 0.05) is 27.6 Å². The number of nitro groups is 1. The summed E-state index contributed by atoms with van der Waals surface area (Å²) in [4.78, 5) is 14.9. The highest BCUT2D eigenvalue weighted by Gasteiger charge is 2.14. The maximum absolute atomic E-state index is 10.7. The maximum atomic E-state index is 10.7. The second kappa shape index (κ2) is 5.17. The molecule has 6 heteroatoms. The van der Waals surface area contributed by atoms with Crippen molar-refractivity contribution in [3.63, 3.8) is 0 Å². The van der Waals surface area contributed by atoms with E-state index in [1.165, 1.54) is 12.1 Å². The Hall–Kier alpha value is -2.73. The third-order valence-corrected chi connectivity index (χ3v) is 4.33. The van der Waals surface area contributed by atoms with Gasteiger partial charge in [-0.1, -0.05) is 40.2 Å². The van der Waals surface area contributed by atoms with Crippen LogP contribution in [0.4, 0.5) is 5.69 Å². The first-order chi connectivity index (χ1) is 11.1. The molecule has 23 heavy (non-hydrogen) atoms. The number of benzene rings is 3. The normalized spacial score (nSPS) is 11.2. The van der Waals surface area contributed by atoms with Crippen LogP contribution in [0.1, 0.15) is 0 Å². The molecule has 0 N–H and O–H groups in total. The van der Waals surface area contributed by atoms with Crippen LogP contribution in [0.2, 0.25) is 0 Å². The van der Waals surface area contributed by atoms with Gasteiger partial charge in [0.15, 0.2) is 5.58 Å². The summed E-state index contributed by atoms with van der Waals surface area (Å²) in [5.74, 6) is 0.443. The van der Waals surface area contributed by atoms with Crippen LogP contribution >= 0.6 is 15.9 Å². The molecule has 4 aromatic rings. The lowest BCUT2D eigenvalue weighted by Crippen LogP contribution is -1.87. The van der Waals surface area contributed by atoms with Gasteiger partial charge >= 0.3 is 0 Å². The molecule has 0 aliphatic carbocycles. The Morgan fingerprint density at radius 3 is 2.43 bits per heavy atom. The summed E-state index contributed by atoms with van der Waals surface area (Å²) in [6.45, 7) is 0. The van der Waals surface area contributed by atoms with Gasteiger partial charge in [0.2, 0.25) is 5.89 Å². The van der Waals surface area contributed by atoms with Gasteiger partial charge in [-0.2, -0.15) is 0 Å². The minimum Gasteiger partial charge on any atom is -0.436 e. The fourth-order valence-electron chi connectivity index (χ4n) is 2.56. The van der Waals surface area contributed by atoms with Gasteiger partial charge in [0.1, 0.15) is 5.52 Å². The number of non-ortho nitro benzene ring substituents is 1. The Morgan fingerprint density at radius 2 is 1.74 bits per heavy atom. The monoisotopic (exact) mass is 368 g/mol. The molecule has 5 nitrogen and oxygen atoms in total. The van der Waals surface area contributed by atoms with Crippen LogP contribution in [0.25, 0.3) is 33.3 Å². The van der Waals surface area contributed by atoms with E-state index in [-0.39, 0.29) is 5.69 Å². The summed E-state index contributed by atoms with van der Waals surface area (Å²) >= 11 is 3.55. The van der Waals surface area contributed by atoms with E-state index < -0.39 is 4.92 Å². The van der Waals surface area contributed by atoms with Crippen LogP contribution < -0.4 is 0 Å². The van der Waals surface area contributed by atoms with Gasteiger partial charge in [-0.3, -0.25) is 10.1 Å². The number of hydrogen-bond acceptors (Lipinski definition) is 4. The zero-order valence-electron chi connectivity index (χ0n) is 11.7. The zero-order chi connectivity index (χ0) is 16.0. The number of nitro benzene ring substituents is 1. The number of rotatable bonds is 2. The van der Waals surface area contributed by atoms with Crippen LogP contribution in [0.5, 0.6) is 0 Å². The summed E-state index contributed by atoms with van der Waals surface area (Å²) in [7, 11) is 0. The predicted octanol–water partition coefficient (Wildman–Crippen LogP) is 5.32. The fraction of sp³-hybridized carbons (Fsp3) is 0. The van der Waals surface area contributed by atoms with Crippen LogP contribution in [0.15, 0.2) is 63.5 Å². The largest absolute Gasteiger partial charge is 0.436 e. The van der Waals surface area contributed by atoms with Crippen molar-refractivity contribution in [1.82, 2.24) is 4.98 Å². The molecule has 0 atom stereocenters. The van der Waals surface area contributed by atoms with E-state index in [1.54, 1.807) is 12.1 Å². The van der Waals surface area contributed by atoms with Crippen molar-refractivity contribution < 1.29 is 9.34 Å². The van der Waals surface area contributed by atoms with E-state index in [2.05, 4.69) is 20.9 Å². The number of aromatic nitrogens is 1. The van der Waals surface area contributed by atoms with Crippen molar-refractivity contribution >= 4 is 43.5 Å². The molecule has 0 fully saturated rings. The van der Waals surface area contributed by atoms with E-state index in [0.717, 1.165) is 20.8 Å². The Bertz CT molecular complexity index is 1050. The molecule has 4 rings (SSSR count). The van der Waals surface area contributed by atoms with Crippen molar-refractivity contribution in [2.24, 2.45) is 0 Å². The average molecular weight is 369 g/mol. The summed E-state index contributed by atoms with van der Waals surface area (Å²) in [6, 6.07) is 16.0. The maximum Gasteiger partial charge on any atom is 0.269 e. The SMILES string of the molecule is O=[N+]([O-])c1ccc(-c2nc3c(cc(Br)c4ccccc43)o2)cc1. The molecule has 0 unspecified atom stereocenters. The smallest absolute Gasteiger partial charge is 0.269 e. The molecule has 112 valence electrons. The molecular formula is C17H9BrN2O3.